The summed E-state index contributed by atoms with van der Waals surface area (Å²) in [6.07, 6.45) is 0.883. The molecule has 0 spiro atoms. The van der Waals surface area contributed by atoms with Gasteiger partial charge in [-0.25, -0.2) is 4.98 Å². The highest BCUT2D eigenvalue weighted by Crippen LogP contribution is 2.24. The van der Waals surface area contributed by atoms with Crippen LogP contribution < -0.4 is 5.73 Å². The van der Waals surface area contributed by atoms with E-state index in [1.807, 2.05) is 30.3 Å². The third-order valence-corrected chi connectivity index (χ3v) is 3.06. The van der Waals surface area contributed by atoms with Gasteiger partial charge in [0.15, 0.2) is 11.6 Å². The van der Waals surface area contributed by atoms with E-state index in [2.05, 4.69) is 16.9 Å². The summed E-state index contributed by atoms with van der Waals surface area (Å²) < 4.78 is 5.70. The van der Waals surface area contributed by atoms with Gasteiger partial charge in [0.1, 0.15) is 5.76 Å². The molecule has 0 amide bonds. The fourth-order valence-corrected chi connectivity index (χ4v) is 2.07. The number of aromatic nitrogens is 2. The van der Waals surface area contributed by atoms with Gasteiger partial charge in [-0.15, -0.1) is 0 Å². The Morgan fingerprint density at radius 3 is 2.89 bits per heavy atom. The molecule has 0 saturated carbocycles. The number of H-pyrrole nitrogens is 1. The molecule has 0 saturated heterocycles. The molecule has 4 nitrogen and oxygen atoms in total. The molecule has 4 heteroatoms. The lowest BCUT2D eigenvalue weighted by Gasteiger charge is -1.95. The van der Waals surface area contributed by atoms with Crippen LogP contribution in [0.2, 0.25) is 0 Å². The Balaban J connectivity index is 2.13. The van der Waals surface area contributed by atoms with E-state index in [0.717, 1.165) is 40.4 Å². The number of fused-ring (bicyclic) bond motifs is 1. The molecule has 0 aliphatic carbocycles. The summed E-state index contributed by atoms with van der Waals surface area (Å²) in [4.78, 5) is 7.84. The van der Waals surface area contributed by atoms with Crippen molar-refractivity contribution in [3.8, 4) is 11.6 Å². The second-order valence-electron chi connectivity index (χ2n) is 4.22. The zero-order chi connectivity index (χ0) is 12.5. The summed E-state index contributed by atoms with van der Waals surface area (Å²) in [5, 5.41) is 0. The summed E-state index contributed by atoms with van der Waals surface area (Å²) in [6, 6.07) is 9.89. The first kappa shape index (κ1) is 11.0. The molecule has 0 bridgehead atoms. The number of imidazole rings is 1. The molecule has 18 heavy (non-hydrogen) atoms. The highest BCUT2D eigenvalue weighted by molar-refractivity contribution is 5.81. The monoisotopic (exact) mass is 241 g/mol. The lowest BCUT2D eigenvalue weighted by atomic mass is 10.2. The van der Waals surface area contributed by atoms with Gasteiger partial charge in [-0.3, -0.25) is 0 Å². The third kappa shape index (κ3) is 1.71. The van der Waals surface area contributed by atoms with Crippen molar-refractivity contribution in [3.05, 3.63) is 41.7 Å². The molecule has 0 radical (unpaired) electrons. The van der Waals surface area contributed by atoms with Crippen molar-refractivity contribution in [3.63, 3.8) is 0 Å². The first-order valence-corrected chi connectivity index (χ1v) is 6.08. The topological polar surface area (TPSA) is 67.8 Å². The molecule has 92 valence electrons. The van der Waals surface area contributed by atoms with E-state index in [4.69, 9.17) is 10.2 Å². The van der Waals surface area contributed by atoms with Crippen LogP contribution in [0.1, 0.15) is 18.2 Å². The minimum Gasteiger partial charge on any atom is -0.458 e. The Bertz CT molecular complexity index is 681. The quantitative estimate of drug-likeness (QED) is 0.740. The van der Waals surface area contributed by atoms with Crippen LogP contribution in [0.15, 0.2) is 34.7 Å². The Morgan fingerprint density at radius 2 is 2.17 bits per heavy atom. The SMILES string of the molecule is CCc1ccc(-c2nc3c(CN)cccc3[nH]2)o1. The Labute approximate surface area is 105 Å². The van der Waals surface area contributed by atoms with E-state index < -0.39 is 0 Å². The largest absolute Gasteiger partial charge is 0.458 e. The van der Waals surface area contributed by atoms with Crippen LogP contribution >= 0.6 is 0 Å². The predicted molar refractivity (Wildman–Crippen MR) is 71.1 cm³/mol. The molecule has 3 aromatic rings. The normalized spacial score (nSPS) is 11.2. The van der Waals surface area contributed by atoms with Crippen LogP contribution in [0.5, 0.6) is 0 Å². The Hall–Kier alpha value is -2.07. The maximum Gasteiger partial charge on any atom is 0.174 e. The first-order valence-electron chi connectivity index (χ1n) is 6.08. The number of aryl methyl sites for hydroxylation is 1. The van der Waals surface area contributed by atoms with Crippen LogP contribution in [-0.2, 0) is 13.0 Å². The maximum atomic E-state index is 5.71. The number of furan rings is 1. The van der Waals surface area contributed by atoms with Crippen LogP contribution in [0.4, 0.5) is 0 Å². The highest BCUT2D eigenvalue weighted by atomic mass is 16.3. The average molecular weight is 241 g/mol. The van der Waals surface area contributed by atoms with Crippen LogP contribution in [0.3, 0.4) is 0 Å². The van der Waals surface area contributed by atoms with Gasteiger partial charge in [-0.1, -0.05) is 19.1 Å². The van der Waals surface area contributed by atoms with Crippen molar-refractivity contribution in [2.75, 3.05) is 0 Å². The molecule has 3 N–H and O–H groups in total. The predicted octanol–water partition coefficient (Wildman–Crippen LogP) is 2.84. The van der Waals surface area contributed by atoms with Crippen LogP contribution in [0, 0.1) is 0 Å². The van der Waals surface area contributed by atoms with Crippen LogP contribution in [0.25, 0.3) is 22.6 Å². The molecule has 0 aliphatic heterocycles. The van der Waals surface area contributed by atoms with E-state index in [9.17, 15) is 0 Å². The third-order valence-electron chi connectivity index (χ3n) is 3.06. The standard InChI is InChI=1S/C14H15N3O/c1-2-10-6-7-12(18-10)14-16-11-5-3-4-9(8-15)13(11)17-14/h3-7H,2,8,15H2,1H3,(H,16,17). The van der Waals surface area contributed by atoms with Gasteiger partial charge in [0.05, 0.1) is 11.0 Å². The van der Waals surface area contributed by atoms with Crippen molar-refractivity contribution in [1.82, 2.24) is 9.97 Å². The van der Waals surface area contributed by atoms with Crippen molar-refractivity contribution in [2.45, 2.75) is 19.9 Å². The molecule has 2 aromatic heterocycles. The minimum atomic E-state index is 0.486. The Morgan fingerprint density at radius 1 is 1.28 bits per heavy atom. The summed E-state index contributed by atoms with van der Waals surface area (Å²) in [5.41, 5.74) is 8.66. The minimum absolute atomic E-state index is 0.486. The van der Waals surface area contributed by atoms with E-state index in [1.165, 1.54) is 0 Å². The summed E-state index contributed by atoms with van der Waals surface area (Å²) in [5.74, 6) is 2.49. The van der Waals surface area contributed by atoms with E-state index in [0.29, 0.717) is 6.54 Å². The van der Waals surface area contributed by atoms with E-state index in [-0.39, 0.29) is 0 Å². The molecular weight excluding hydrogens is 226 g/mol. The van der Waals surface area contributed by atoms with Gasteiger partial charge in [-0.2, -0.15) is 0 Å². The molecule has 3 rings (SSSR count). The number of aromatic amines is 1. The van der Waals surface area contributed by atoms with Crippen molar-refractivity contribution < 1.29 is 4.42 Å². The van der Waals surface area contributed by atoms with Gasteiger partial charge in [-0.05, 0) is 23.8 Å². The summed E-state index contributed by atoms with van der Waals surface area (Å²) in [7, 11) is 0. The van der Waals surface area contributed by atoms with Gasteiger partial charge < -0.3 is 15.1 Å². The number of nitrogens with zero attached hydrogens (tertiary/aromatic N) is 1. The average Bonchev–Trinajstić information content (AvgIpc) is 3.03. The van der Waals surface area contributed by atoms with Gasteiger partial charge >= 0.3 is 0 Å². The summed E-state index contributed by atoms with van der Waals surface area (Å²) in [6.45, 7) is 2.55. The zero-order valence-corrected chi connectivity index (χ0v) is 10.2. The molecule has 2 heterocycles. The van der Waals surface area contributed by atoms with Crippen LogP contribution in [-0.4, -0.2) is 9.97 Å². The van der Waals surface area contributed by atoms with Gasteiger partial charge in [0.2, 0.25) is 0 Å². The number of para-hydroxylation sites is 1. The molecule has 0 fully saturated rings. The molecule has 0 atom stereocenters. The lowest BCUT2D eigenvalue weighted by Crippen LogP contribution is -1.96. The summed E-state index contributed by atoms with van der Waals surface area (Å²) >= 11 is 0. The van der Waals surface area contributed by atoms with Gasteiger partial charge in [0, 0.05) is 13.0 Å². The number of hydrogen-bond acceptors (Lipinski definition) is 3. The fraction of sp³-hybridized carbons (Fsp3) is 0.214. The molecular formula is C14H15N3O. The smallest absolute Gasteiger partial charge is 0.174 e. The molecule has 0 unspecified atom stereocenters. The zero-order valence-electron chi connectivity index (χ0n) is 10.2. The number of nitrogens with two attached hydrogens (primary N) is 1. The second kappa shape index (κ2) is 4.31. The second-order valence-corrected chi connectivity index (χ2v) is 4.22. The van der Waals surface area contributed by atoms with E-state index >= 15 is 0 Å². The van der Waals surface area contributed by atoms with Crippen molar-refractivity contribution >= 4 is 11.0 Å². The number of nitrogens with one attached hydrogen (secondary N) is 1. The molecule has 0 aliphatic rings. The number of benzene rings is 1. The fourth-order valence-electron chi connectivity index (χ4n) is 2.07. The maximum absolute atomic E-state index is 5.71. The van der Waals surface area contributed by atoms with E-state index in [1.54, 1.807) is 0 Å². The van der Waals surface area contributed by atoms with Crippen molar-refractivity contribution in [2.24, 2.45) is 5.73 Å². The van der Waals surface area contributed by atoms with Gasteiger partial charge in [0.25, 0.3) is 0 Å². The molecule has 1 aromatic carbocycles. The highest BCUT2D eigenvalue weighted by Gasteiger charge is 2.10. The number of rotatable bonds is 3. The Kier molecular flexibility index (Phi) is 2.64. The first-order chi connectivity index (χ1) is 8.81. The lowest BCUT2D eigenvalue weighted by molar-refractivity contribution is 0.526. The number of hydrogen-bond donors (Lipinski definition) is 2. The van der Waals surface area contributed by atoms with Crippen molar-refractivity contribution in [1.29, 1.82) is 0 Å².